The molecule has 3 nitrogen and oxygen atoms in total. The topological polar surface area (TPSA) is 43.8 Å². The number of fused-ring (bicyclic) bond motifs is 1. The van der Waals surface area contributed by atoms with Crippen LogP contribution in [0.5, 0.6) is 0 Å². The zero-order valence-corrected chi connectivity index (χ0v) is 12.2. The standard InChI is InChI=1S/C15H14BrN3/c1-19-14(13-6-5-10(8-17)9-18-13)7-11-3-2-4-12(16)15(11)19/h2-7,9H,8,17H2,1H3. The van der Waals surface area contributed by atoms with Gasteiger partial charge in [0.05, 0.1) is 16.9 Å². The van der Waals surface area contributed by atoms with Crippen LogP contribution in [0.1, 0.15) is 5.56 Å². The van der Waals surface area contributed by atoms with Crippen LogP contribution in [0.4, 0.5) is 0 Å². The summed E-state index contributed by atoms with van der Waals surface area (Å²) < 4.78 is 3.25. The summed E-state index contributed by atoms with van der Waals surface area (Å²) in [6, 6.07) is 12.4. The van der Waals surface area contributed by atoms with Gasteiger partial charge in [-0.05, 0) is 39.7 Å². The quantitative estimate of drug-likeness (QED) is 0.787. The van der Waals surface area contributed by atoms with Crippen molar-refractivity contribution in [3.63, 3.8) is 0 Å². The van der Waals surface area contributed by atoms with Crippen LogP contribution in [0.3, 0.4) is 0 Å². The van der Waals surface area contributed by atoms with Gasteiger partial charge in [-0.25, -0.2) is 0 Å². The highest BCUT2D eigenvalue weighted by Gasteiger charge is 2.10. The van der Waals surface area contributed by atoms with Crippen LogP contribution in [0, 0.1) is 0 Å². The largest absolute Gasteiger partial charge is 0.341 e. The predicted molar refractivity (Wildman–Crippen MR) is 81.7 cm³/mol. The first-order valence-corrected chi connectivity index (χ1v) is 6.89. The Labute approximate surface area is 120 Å². The lowest BCUT2D eigenvalue weighted by Gasteiger charge is -2.05. The Morgan fingerprint density at radius 1 is 1.26 bits per heavy atom. The minimum atomic E-state index is 0.522. The zero-order chi connectivity index (χ0) is 13.4. The van der Waals surface area contributed by atoms with Gasteiger partial charge in [-0.3, -0.25) is 4.98 Å². The summed E-state index contributed by atoms with van der Waals surface area (Å²) >= 11 is 3.60. The highest BCUT2D eigenvalue weighted by atomic mass is 79.9. The van der Waals surface area contributed by atoms with Gasteiger partial charge in [0.2, 0.25) is 0 Å². The number of halogens is 1. The molecule has 3 rings (SSSR count). The number of hydrogen-bond acceptors (Lipinski definition) is 2. The van der Waals surface area contributed by atoms with Crippen LogP contribution < -0.4 is 5.73 Å². The maximum Gasteiger partial charge on any atom is 0.0866 e. The van der Waals surface area contributed by atoms with Crippen molar-refractivity contribution < 1.29 is 0 Å². The van der Waals surface area contributed by atoms with Crippen molar-refractivity contribution >= 4 is 26.8 Å². The number of aryl methyl sites for hydroxylation is 1. The van der Waals surface area contributed by atoms with Gasteiger partial charge < -0.3 is 10.3 Å². The molecule has 2 aromatic heterocycles. The van der Waals surface area contributed by atoms with Crippen LogP contribution in [0.2, 0.25) is 0 Å². The van der Waals surface area contributed by atoms with Crippen molar-refractivity contribution in [3.8, 4) is 11.4 Å². The average Bonchev–Trinajstić information content (AvgIpc) is 2.78. The number of nitrogens with two attached hydrogens (primary N) is 1. The molecule has 4 heteroatoms. The third kappa shape index (κ3) is 2.07. The number of benzene rings is 1. The Balaban J connectivity index is 2.19. The summed E-state index contributed by atoms with van der Waals surface area (Å²) in [7, 11) is 2.06. The normalized spacial score (nSPS) is 11.1. The minimum Gasteiger partial charge on any atom is -0.341 e. The SMILES string of the molecule is Cn1c(-c2ccc(CN)cn2)cc2cccc(Br)c21. The maximum absolute atomic E-state index is 5.60. The van der Waals surface area contributed by atoms with Crippen LogP contribution >= 0.6 is 15.9 Å². The molecule has 3 aromatic rings. The van der Waals surface area contributed by atoms with E-state index in [9.17, 15) is 0 Å². The molecule has 0 saturated carbocycles. The zero-order valence-electron chi connectivity index (χ0n) is 10.6. The molecule has 0 radical (unpaired) electrons. The molecule has 0 bridgehead atoms. The molecule has 1 aromatic carbocycles. The Hall–Kier alpha value is -1.65. The second-order valence-corrected chi connectivity index (χ2v) is 5.38. The fourth-order valence-electron chi connectivity index (χ4n) is 2.31. The van der Waals surface area contributed by atoms with Gasteiger partial charge in [0, 0.05) is 29.6 Å². The second kappa shape index (κ2) is 4.79. The van der Waals surface area contributed by atoms with E-state index < -0.39 is 0 Å². The van der Waals surface area contributed by atoms with E-state index in [0.29, 0.717) is 6.54 Å². The van der Waals surface area contributed by atoms with E-state index in [2.05, 4.69) is 50.7 Å². The molecular weight excluding hydrogens is 302 g/mol. The molecule has 2 heterocycles. The van der Waals surface area contributed by atoms with Crippen molar-refractivity contribution in [2.24, 2.45) is 12.8 Å². The monoisotopic (exact) mass is 315 g/mol. The van der Waals surface area contributed by atoms with E-state index in [0.717, 1.165) is 21.4 Å². The van der Waals surface area contributed by atoms with Gasteiger partial charge in [0.25, 0.3) is 0 Å². The molecule has 0 saturated heterocycles. The summed E-state index contributed by atoms with van der Waals surface area (Å²) in [5.74, 6) is 0. The summed E-state index contributed by atoms with van der Waals surface area (Å²) in [6.45, 7) is 0.522. The Kier molecular flexibility index (Phi) is 3.12. The van der Waals surface area contributed by atoms with Crippen LogP contribution in [-0.4, -0.2) is 9.55 Å². The van der Waals surface area contributed by atoms with Gasteiger partial charge in [-0.1, -0.05) is 18.2 Å². The molecule has 2 N–H and O–H groups in total. The van der Waals surface area contributed by atoms with Crippen LogP contribution in [-0.2, 0) is 13.6 Å². The first-order valence-electron chi connectivity index (χ1n) is 6.10. The fourth-order valence-corrected chi connectivity index (χ4v) is 2.96. The number of pyridine rings is 1. The summed E-state index contributed by atoms with van der Waals surface area (Å²) in [6.07, 6.45) is 1.84. The highest BCUT2D eigenvalue weighted by molar-refractivity contribution is 9.10. The van der Waals surface area contributed by atoms with E-state index in [1.807, 2.05) is 24.4 Å². The first-order chi connectivity index (χ1) is 9.20. The van der Waals surface area contributed by atoms with Gasteiger partial charge in [0.1, 0.15) is 0 Å². The number of hydrogen-bond donors (Lipinski definition) is 1. The molecule has 0 spiro atoms. The molecule has 0 atom stereocenters. The molecule has 0 aliphatic carbocycles. The molecule has 0 unspecified atom stereocenters. The van der Waals surface area contributed by atoms with E-state index in [4.69, 9.17) is 5.73 Å². The first kappa shape index (κ1) is 12.4. The molecule has 0 amide bonds. The van der Waals surface area contributed by atoms with Gasteiger partial charge >= 0.3 is 0 Å². The lowest BCUT2D eigenvalue weighted by Crippen LogP contribution is -1.98. The summed E-state index contributed by atoms with van der Waals surface area (Å²) in [5.41, 5.74) is 9.89. The number of rotatable bonds is 2. The molecular formula is C15H14BrN3. The Morgan fingerprint density at radius 3 is 2.74 bits per heavy atom. The Morgan fingerprint density at radius 2 is 2.11 bits per heavy atom. The molecule has 0 aliphatic rings. The van der Waals surface area contributed by atoms with Crippen LogP contribution in [0.15, 0.2) is 47.1 Å². The predicted octanol–water partition coefficient (Wildman–Crippen LogP) is 3.46. The van der Waals surface area contributed by atoms with E-state index in [-0.39, 0.29) is 0 Å². The van der Waals surface area contributed by atoms with E-state index in [1.165, 1.54) is 10.9 Å². The third-order valence-electron chi connectivity index (χ3n) is 3.33. The van der Waals surface area contributed by atoms with Crippen LogP contribution in [0.25, 0.3) is 22.3 Å². The molecule has 0 aliphatic heterocycles. The van der Waals surface area contributed by atoms with Crippen molar-refractivity contribution in [2.45, 2.75) is 6.54 Å². The minimum absolute atomic E-state index is 0.522. The third-order valence-corrected chi connectivity index (χ3v) is 3.97. The summed E-state index contributed by atoms with van der Waals surface area (Å²) in [4.78, 5) is 4.49. The number of para-hydroxylation sites is 1. The smallest absolute Gasteiger partial charge is 0.0866 e. The van der Waals surface area contributed by atoms with Crippen molar-refractivity contribution in [3.05, 3.63) is 52.6 Å². The lowest BCUT2D eigenvalue weighted by molar-refractivity contribution is 0.964. The van der Waals surface area contributed by atoms with Crippen molar-refractivity contribution in [1.82, 2.24) is 9.55 Å². The fraction of sp³-hybridized carbons (Fsp3) is 0.133. The van der Waals surface area contributed by atoms with Gasteiger partial charge in [-0.15, -0.1) is 0 Å². The lowest BCUT2D eigenvalue weighted by atomic mass is 10.2. The second-order valence-electron chi connectivity index (χ2n) is 4.52. The van der Waals surface area contributed by atoms with Gasteiger partial charge in [0.15, 0.2) is 0 Å². The number of aromatic nitrogens is 2. The highest BCUT2D eigenvalue weighted by Crippen LogP contribution is 2.30. The van der Waals surface area contributed by atoms with E-state index >= 15 is 0 Å². The van der Waals surface area contributed by atoms with E-state index in [1.54, 1.807) is 0 Å². The van der Waals surface area contributed by atoms with Crippen molar-refractivity contribution in [2.75, 3.05) is 0 Å². The summed E-state index contributed by atoms with van der Waals surface area (Å²) in [5, 5.41) is 1.21. The van der Waals surface area contributed by atoms with Crippen molar-refractivity contribution in [1.29, 1.82) is 0 Å². The average molecular weight is 316 g/mol. The molecule has 19 heavy (non-hydrogen) atoms. The van der Waals surface area contributed by atoms with Gasteiger partial charge in [-0.2, -0.15) is 0 Å². The Bertz CT molecular complexity index is 729. The molecule has 0 fully saturated rings. The molecule has 96 valence electrons. The number of nitrogens with zero attached hydrogens (tertiary/aromatic N) is 2. The maximum atomic E-state index is 5.60.